The molecule has 0 amide bonds. The Balaban J connectivity index is 2.17. The van der Waals surface area contributed by atoms with Gasteiger partial charge in [-0.25, -0.2) is 13.1 Å². The summed E-state index contributed by atoms with van der Waals surface area (Å²) in [4.78, 5) is 0.206. The Morgan fingerprint density at radius 2 is 2.11 bits per heavy atom. The fourth-order valence-corrected chi connectivity index (χ4v) is 3.56. The predicted octanol–water partition coefficient (Wildman–Crippen LogP) is 1.54. The molecule has 2 rings (SSSR count). The summed E-state index contributed by atoms with van der Waals surface area (Å²) in [6, 6.07) is 6.66. The summed E-state index contributed by atoms with van der Waals surface area (Å²) in [6.07, 6.45) is 1.57. The summed E-state index contributed by atoms with van der Waals surface area (Å²) in [5, 5.41) is 7.63. The first-order chi connectivity index (χ1) is 9.04. The summed E-state index contributed by atoms with van der Waals surface area (Å²) < 4.78 is 29.1. The fraction of sp³-hybridized carbons (Fsp3) is 0.273. The molecule has 0 fully saturated rings. The molecule has 0 spiro atoms. The van der Waals surface area contributed by atoms with Gasteiger partial charge in [0.1, 0.15) is 12.2 Å². The van der Waals surface area contributed by atoms with Crippen LogP contribution in [0.2, 0.25) is 0 Å². The summed E-state index contributed by atoms with van der Waals surface area (Å²) in [7, 11) is -3.57. The summed E-state index contributed by atoms with van der Waals surface area (Å²) in [5.41, 5.74) is 0. The van der Waals surface area contributed by atoms with Crippen LogP contribution >= 0.6 is 15.9 Å². The molecule has 1 N–H and O–H groups in total. The number of aromatic nitrogens is 3. The van der Waals surface area contributed by atoms with Gasteiger partial charge in [-0.2, -0.15) is 0 Å². The number of hydrogen-bond acceptors (Lipinski definition) is 4. The maximum atomic E-state index is 12.1. The Kier molecular flexibility index (Phi) is 4.33. The van der Waals surface area contributed by atoms with E-state index in [1.165, 1.54) is 6.07 Å². The predicted molar refractivity (Wildman–Crippen MR) is 73.9 cm³/mol. The zero-order valence-electron chi connectivity index (χ0n) is 10.2. The second-order valence-electron chi connectivity index (χ2n) is 3.79. The molecule has 0 aliphatic rings. The van der Waals surface area contributed by atoms with E-state index in [4.69, 9.17) is 0 Å². The lowest BCUT2D eigenvalue weighted by Gasteiger charge is -2.08. The van der Waals surface area contributed by atoms with Crippen molar-refractivity contribution in [2.24, 2.45) is 0 Å². The minimum atomic E-state index is -3.57. The third-order valence-corrected chi connectivity index (χ3v) is 5.00. The first-order valence-corrected chi connectivity index (χ1v) is 7.93. The molecule has 19 heavy (non-hydrogen) atoms. The molecule has 0 saturated heterocycles. The van der Waals surface area contributed by atoms with Crippen LogP contribution in [0.3, 0.4) is 0 Å². The molecule has 6 nitrogen and oxygen atoms in total. The SMILES string of the molecule is CCn1cnnc1CNS(=O)(=O)c1ccccc1Br. The number of rotatable bonds is 5. The number of hydrogen-bond donors (Lipinski definition) is 1. The third-order valence-electron chi connectivity index (χ3n) is 2.58. The molecule has 0 bridgehead atoms. The topological polar surface area (TPSA) is 76.9 Å². The fourth-order valence-electron chi connectivity index (χ4n) is 1.58. The standard InChI is InChI=1S/C11H13BrN4O2S/c1-2-16-8-13-15-11(16)7-14-19(17,18)10-6-4-3-5-9(10)12/h3-6,8,14H,2,7H2,1H3. The first-order valence-electron chi connectivity index (χ1n) is 5.65. The molecule has 0 atom stereocenters. The van der Waals surface area contributed by atoms with E-state index in [2.05, 4.69) is 30.8 Å². The average molecular weight is 345 g/mol. The van der Waals surface area contributed by atoms with E-state index >= 15 is 0 Å². The molecule has 0 unspecified atom stereocenters. The number of nitrogens with one attached hydrogen (secondary N) is 1. The minimum Gasteiger partial charge on any atom is -0.317 e. The largest absolute Gasteiger partial charge is 0.317 e. The molecule has 0 saturated carbocycles. The van der Waals surface area contributed by atoms with Crippen molar-refractivity contribution < 1.29 is 8.42 Å². The van der Waals surface area contributed by atoms with Crippen LogP contribution in [0.25, 0.3) is 0 Å². The smallest absolute Gasteiger partial charge is 0.242 e. The van der Waals surface area contributed by atoms with Gasteiger partial charge in [-0.3, -0.25) is 0 Å². The highest BCUT2D eigenvalue weighted by Crippen LogP contribution is 2.20. The second kappa shape index (κ2) is 5.81. The number of benzene rings is 1. The van der Waals surface area contributed by atoms with E-state index in [1.54, 1.807) is 29.1 Å². The number of nitrogens with zero attached hydrogens (tertiary/aromatic N) is 3. The second-order valence-corrected chi connectivity index (χ2v) is 6.38. The van der Waals surface area contributed by atoms with Crippen molar-refractivity contribution in [3.8, 4) is 0 Å². The molecular formula is C11H13BrN4O2S. The lowest BCUT2D eigenvalue weighted by Crippen LogP contribution is -2.25. The molecule has 0 radical (unpaired) electrons. The summed E-state index contributed by atoms with van der Waals surface area (Å²) >= 11 is 3.23. The normalized spacial score (nSPS) is 11.7. The quantitative estimate of drug-likeness (QED) is 0.892. The van der Waals surface area contributed by atoms with Gasteiger partial charge in [-0.15, -0.1) is 10.2 Å². The van der Waals surface area contributed by atoms with Crippen LogP contribution in [-0.2, 0) is 23.1 Å². The van der Waals surface area contributed by atoms with Crippen molar-refractivity contribution in [2.75, 3.05) is 0 Å². The maximum absolute atomic E-state index is 12.1. The van der Waals surface area contributed by atoms with Gasteiger partial charge in [0.2, 0.25) is 10.0 Å². The Bertz CT molecular complexity index is 669. The minimum absolute atomic E-state index is 0.109. The summed E-state index contributed by atoms with van der Waals surface area (Å²) in [5.74, 6) is 0.582. The van der Waals surface area contributed by atoms with Gasteiger partial charge in [0, 0.05) is 11.0 Å². The molecular weight excluding hydrogens is 332 g/mol. The van der Waals surface area contributed by atoms with Crippen molar-refractivity contribution in [2.45, 2.75) is 24.9 Å². The average Bonchev–Trinajstić information content (AvgIpc) is 2.84. The molecule has 1 heterocycles. The third kappa shape index (κ3) is 3.20. The first kappa shape index (κ1) is 14.2. The maximum Gasteiger partial charge on any atom is 0.242 e. The van der Waals surface area contributed by atoms with Gasteiger partial charge in [0.05, 0.1) is 11.4 Å². The number of halogens is 1. The Hall–Kier alpha value is -1.25. The van der Waals surface area contributed by atoms with Crippen LogP contribution < -0.4 is 4.72 Å². The van der Waals surface area contributed by atoms with E-state index in [9.17, 15) is 8.42 Å². The molecule has 8 heteroatoms. The van der Waals surface area contributed by atoms with Crippen LogP contribution in [0, 0.1) is 0 Å². The van der Waals surface area contributed by atoms with E-state index in [0.29, 0.717) is 16.8 Å². The van der Waals surface area contributed by atoms with Crippen LogP contribution in [0.15, 0.2) is 40.0 Å². The number of aryl methyl sites for hydroxylation is 1. The van der Waals surface area contributed by atoms with E-state index in [-0.39, 0.29) is 11.4 Å². The monoisotopic (exact) mass is 344 g/mol. The van der Waals surface area contributed by atoms with Gasteiger partial charge in [0.15, 0.2) is 0 Å². The lowest BCUT2D eigenvalue weighted by atomic mass is 10.4. The highest BCUT2D eigenvalue weighted by molar-refractivity contribution is 9.10. The van der Waals surface area contributed by atoms with Crippen molar-refractivity contribution >= 4 is 26.0 Å². The van der Waals surface area contributed by atoms with Crippen LogP contribution in [0.1, 0.15) is 12.7 Å². The van der Waals surface area contributed by atoms with E-state index in [1.807, 2.05) is 6.92 Å². The van der Waals surface area contributed by atoms with Gasteiger partial charge < -0.3 is 4.57 Å². The Morgan fingerprint density at radius 3 is 2.79 bits per heavy atom. The number of sulfonamides is 1. The molecule has 0 aliphatic carbocycles. The highest BCUT2D eigenvalue weighted by atomic mass is 79.9. The molecule has 102 valence electrons. The van der Waals surface area contributed by atoms with Crippen molar-refractivity contribution in [1.82, 2.24) is 19.5 Å². The molecule has 0 aliphatic heterocycles. The highest BCUT2D eigenvalue weighted by Gasteiger charge is 2.17. The van der Waals surface area contributed by atoms with Crippen molar-refractivity contribution in [3.05, 3.63) is 40.9 Å². The van der Waals surface area contributed by atoms with Crippen LogP contribution in [-0.4, -0.2) is 23.2 Å². The van der Waals surface area contributed by atoms with Gasteiger partial charge in [-0.1, -0.05) is 12.1 Å². The van der Waals surface area contributed by atoms with Crippen LogP contribution in [0.5, 0.6) is 0 Å². The van der Waals surface area contributed by atoms with Crippen molar-refractivity contribution in [1.29, 1.82) is 0 Å². The van der Waals surface area contributed by atoms with E-state index < -0.39 is 10.0 Å². The van der Waals surface area contributed by atoms with Gasteiger partial charge in [0.25, 0.3) is 0 Å². The van der Waals surface area contributed by atoms with Gasteiger partial charge >= 0.3 is 0 Å². The zero-order valence-corrected chi connectivity index (χ0v) is 12.6. The van der Waals surface area contributed by atoms with Crippen LogP contribution in [0.4, 0.5) is 0 Å². The van der Waals surface area contributed by atoms with Crippen molar-refractivity contribution in [3.63, 3.8) is 0 Å². The summed E-state index contributed by atoms with van der Waals surface area (Å²) in [6.45, 7) is 2.74. The molecule has 2 aromatic rings. The molecule has 1 aromatic heterocycles. The lowest BCUT2D eigenvalue weighted by molar-refractivity contribution is 0.574. The Morgan fingerprint density at radius 1 is 1.37 bits per heavy atom. The van der Waals surface area contributed by atoms with Gasteiger partial charge in [-0.05, 0) is 35.0 Å². The Labute approximate surface area is 120 Å². The molecule has 1 aromatic carbocycles. The van der Waals surface area contributed by atoms with E-state index in [0.717, 1.165) is 0 Å². The zero-order chi connectivity index (χ0) is 13.9.